The van der Waals surface area contributed by atoms with Gasteiger partial charge in [-0.1, -0.05) is 45.0 Å². The molecule has 0 aliphatic carbocycles. The third-order valence-electron chi connectivity index (χ3n) is 4.65. The van der Waals surface area contributed by atoms with Gasteiger partial charge in [-0.25, -0.2) is 9.98 Å². The van der Waals surface area contributed by atoms with E-state index >= 15 is 0 Å². The molecule has 0 radical (unpaired) electrons. The Morgan fingerprint density at radius 3 is 2.47 bits per heavy atom. The molecule has 1 fully saturated rings. The first-order chi connectivity index (χ1) is 14.2. The topological polar surface area (TPSA) is 146 Å². The number of nitrogens with one attached hydrogen (secondary N) is 2. The molecule has 1 unspecified atom stereocenters. The van der Waals surface area contributed by atoms with Crippen LogP contribution in [0, 0.1) is 26.9 Å². The minimum atomic E-state index is -0.369. The van der Waals surface area contributed by atoms with Crippen LogP contribution in [-0.2, 0) is 12.3 Å². The van der Waals surface area contributed by atoms with Gasteiger partial charge in [-0.3, -0.25) is 10.8 Å². The van der Waals surface area contributed by atoms with Crippen molar-refractivity contribution in [3.8, 4) is 5.40 Å². The van der Waals surface area contributed by atoms with Crippen molar-refractivity contribution in [3.05, 3.63) is 35.4 Å². The van der Waals surface area contributed by atoms with Gasteiger partial charge in [0.1, 0.15) is 16.9 Å². The molecule has 3 rings (SSSR count). The van der Waals surface area contributed by atoms with Gasteiger partial charge >= 0.3 is 0 Å². The van der Waals surface area contributed by atoms with Gasteiger partial charge in [0.2, 0.25) is 0 Å². The average molecular weight is 428 g/mol. The van der Waals surface area contributed by atoms with E-state index in [1.54, 1.807) is 0 Å². The maximum Gasteiger partial charge on any atom is 0.175 e. The Kier molecular flexibility index (Phi) is 8.29. The number of amidine groups is 3. The Labute approximate surface area is 181 Å². The van der Waals surface area contributed by atoms with Gasteiger partial charge in [-0.2, -0.15) is 5.26 Å². The molecule has 8 nitrogen and oxygen atoms in total. The van der Waals surface area contributed by atoms with E-state index in [1.165, 1.54) is 11.8 Å². The van der Waals surface area contributed by atoms with Crippen LogP contribution in [0.1, 0.15) is 38.3 Å². The van der Waals surface area contributed by atoms with Gasteiger partial charge in [0.05, 0.1) is 6.10 Å². The highest BCUT2D eigenvalue weighted by Crippen LogP contribution is 2.21. The molecule has 2 aliphatic rings. The molecule has 1 aromatic rings. The van der Waals surface area contributed by atoms with E-state index in [-0.39, 0.29) is 23.1 Å². The molecule has 0 amide bonds. The minimum absolute atomic E-state index is 0.0390. The summed E-state index contributed by atoms with van der Waals surface area (Å²) >= 11 is 1.24. The van der Waals surface area contributed by atoms with Crippen LogP contribution in [0.2, 0.25) is 0 Å². The standard InChI is InChI=1S/C12H19N5O.C9H10N2S/c1-12(2,3)11-15-9(14)8(13)10(16-11)17-5-4-7(18)6-17;10-5-8-3-1-2-4-9(8)6-12-7-11/h7,13-14,18H,4-6H2,1-3H3;1-4H,5-6,10H2. The first-order valence-corrected chi connectivity index (χ1v) is 10.7. The highest BCUT2D eigenvalue weighted by molar-refractivity contribution is 8.02. The Morgan fingerprint density at radius 2 is 1.93 bits per heavy atom. The number of β-amino-alcohol motifs (C(OH)–C–C–N with tert-alkyl or cyclic N) is 1. The van der Waals surface area contributed by atoms with Gasteiger partial charge in [0.25, 0.3) is 0 Å². The average Bonchev–Trinajstić information content (AvgIpc) is 3.14. The van der Waals surface area contributed by atoms with E-state index in [2.05, 4.69) is 9.98 Å². The smallest absolute Gasteiger partial charge is 0.175 e. The molecular formula is C21H29N7OS. The van der Waals surface area contributed by atoms with Gasteiger partial charge < -0.3 is 15.7 Å². The van der Waals surface area contributed by atoms with E-state index in [1.807, 2.05) is 55.3 Å². The van der Waals surface area contributed by atoms with Crippen molar-refractivity contribution in [1.82, 2.24) is 4.90 Å². The second kappa shape index (κ2) is 10.5. The molecule has 9 heteroatoms. The summed E-state index contributed by atoms with van der Waals surface area (Å²) in [4.78, 5) is 10.4. The number of benzene rings is 1. The second-order valence-corrected chi connectivity index (χ2v) is 8.85. The van der Waals surface area contributed by atoms with Crippen molar-refractivity contribution in [1.29, 1.82) is 16.1 Å². The van der Waals surface area contributed by atoms with Crippen LogP contribution in [0.4, 0.5) is 0 Å². The Bertz CT molecular complexity index is 895. The third-order valence-corrected chi connectivity index (χ3v) is 5.24. The third kappa shape index (κ3) is 6.23. The fourth-order valence-corrected chi connectivity index (χ4v) is 3.46. The summed E-state index contributed by atoms with van der Waals surface area (Å²) in [6, 6.07) is 7.93. The predicted molar refractivity (Wildman–Crippen MR) is 123 cm³/mol. The number of rotatable bonds is 3. The molecule has 0 spiro atoms. The van der Waals surface area contributed by atoms with E-state index in [0.717, 1.165) is 16.9 Å². The highest BCUT2D eigenvalue weighted by Gasteiger charge is 2.32. The van der Waals surface area contributed by atoms with Crippen LogP contribution in [0.3, 0.4) is 0 Å². The van der Waals surface area contributed by atoms with Crippen molar-refractivity contribution >= 4 is 35.0 Å². The van der Waals surface area contributed by atoms with Gasteiger partial charge in [0, 0.05) is 30.8 Å². The van der Waals surface area contributed by atoms with Crippen molar-refractivity contribution in [3.63, 3.8) is 0 Å². The lowest BCUT2D eigenvalue weighted by Crippen LogP contribution is -2.42. The van der Waals surface area contributed by atoms with Crippen LogP contribution in [0.5, 0.6) is 0 Å². The summed E-state index contributed by atoms with van der Waals surface area (Å²) in [5.41, 5.74) is 7.60. The first kappa shape index (κ1) is 23.7. The van der Waals surface area contributed by atoms with Crippen molar-refractivity contribution in [2.45, 2.75) is 45.6 Å². The summed E-state index contributed by atoms with van der Waals surface area (Å²) in [5.74, 6) is 1.71. The van der Waals surface area contributed by atoms with Crippen molar-refractivity contribution in [2.24, 2.45) is 21.1 Å². The largest absolute Gasteiger partial charge is 0.391 e. The molecule has 160 valence electrons. The fourth-order valence-electron chi connectivity index (χ4n) is 2.95. The number of aliphatic hydroxyl groups is 1. The normalized spacial score (nSPS) is 18.9. The van der Waals surface area contributed by atoms with Crippen LogP contribution >= 0.6 is 11.8 Å². The number of nitrogens with zero attached hydrogens (tertiary/aromatic N) is 4. The Balaban J connectivity index is 0.000000232. The summed E-state index contributed by atoms with van der Waals surface area (Å²) in [7, 11) is 0. The van der Waals surface area contributed by atoms with E-state index in [0.29, 0.717) is 37.7 Å². The molecule has 5 N–H and O–H groups in total. The molecule has 1 aromatic carbocycles. The minimum Gasteiger partial charge on any atom is -0.391 e. The number of nitriles is 1. The predicted octanol–water partition coefficient (Wildman–Crippen LogP) is 2.77. The molecule has 2 heterocycles. The Hall–Kier alpha value is -2.54. The molecule has 0 saturated carbocycles. The zero-order valence-corrected chi connectivity index (χ0v) is 18.5. The second-order valence-electron chi connectivity index (χ2n) is 8.09. The monoisotopic (exact) mass is 427 g/mol. The van der Waals surface area contributed by atoms with Crippen molar-refractivity contribution < 1.29 is 5.11 Å². The van der Waals surface area contributed by atoms with Gasteiger partial charge in [-0.05, 0) is 29.3 Å². The summed E-state index contributed by atoms with van der Waals surface area (Å²) < 4.78 is 0. The Morgan fingerprint density at radius 1 is 1.27 bits per heavy atom. The van der Waals surface area contributed by atoms with E-state index in [4.69, 9.17) is 21.8 Å². The number of thioether (sulfide) groups is 1. The lowest BCUT2D eigenvalue weighted by Gasteiger charge is -2.27. The van der Waals surface area contributed by atoms with Crippen LogP contribution in [-0.4, -0.2) is 52.4 Å². The summed E-state index contributed by atoms with van der Waals surface area (Å²) in [6.07, 6.45) is 0.313. The number of thiocyanates is 1. The van der Waals surface area contributed by atoms with E-state index < -0.39 is 0 Å². The number of aliphatic imine (C=N–C) groups is 2. The molecule has 30 heavy (non-hydrogen) atoms. The van der Waals surface area contributed by atoms with Crippen molar-refractivity contribution in [2.75, 3.05) is 13.1 Å². The number of hydrogen-bond donors (Lipinski definition) is 4. The molecule has 1 atom stereocenters. The molecule has 2 aliphatic heterocycles. The number of likely N-dealkylation sites (tertiary alicyclic amines) is 1. The number of hydrogen-bond acceptors (Lipinski definition) is 8. The fraction of sp³-hybridized carbons (Fsp3) is 0.476. The summed E-state index contributed by atoms with van der Waals surface area (Å²) in [6.45, 7) is 7.64. The zero-order valence-electron chi connectivity index (χ0n) is 17.6. The number of aliphatic hydroxyl groups excluding tert-OH is 1. The SMILES string of the molecule is CC(C)(C)C1=NC(=N)C(=N)C(N2CCC(O)C2)=N1.N#CSCc1ccccc1CN. The van der Waals surface area contributed by atoms with Crippen LogP contribution in [0.15, 0.2) is 34.3 Å². The molecule has 0 bridgehead atoms. The maximum atomic E-state index is 9.56. The zero-order chi connectivity index (χ0) is 22.3. The highest BCUT2D eigenvalue weighted by atomic mass is 32.2. The van der Waals surface area contributed by atoms with Crippen LogP contribution < -0.4 is 5.73 Å². The number of nitrogens with two attached hydrogens (primary N) is 1. The molecular weight excluding hydrogens is 398 g/mol. The van der Waals surface area contributed by atoms with E-state index in [9.17, 15) is 5.11 Å². The van der Waals surface area contributed by atoms with Gasteiger partial charge in [-0.15, -0.1) is 0 Å². The first-order valence-electron chi connectivity index (χ1n) is 9.73. The molecule has 1 saturated heterocycles. The van der Waals surface area contributed by atoms with Gasteiger partial charge in [0.15, 0.2) is 11.7 Å². The maximum absolute atomic E-state index is 9.56. The lowest BCUT2D eigenvalue weighted by molar-refractivity contribution is 0.188. The molecule has 0 aromatic heterocycles. The summed E-state index contributed by atoms with van der Waals surface area (Å²) in [5, 5.41) is 35.6. The van der Waals surface area contributed by atoms with Crippen LogP contribution in [0.25, 0.3) is 0 Å². The lowest BCUT2D eigenvalue weighted by atomic mass is 9.94. The quantitative estimate of drug-likeness (QED) is 0.548.